The summed E-state index contributed by atoms with van der Waals surface area (Å²) < 4.78 is 59.1. The van der Waals surface area contributed by atoms with Gasteiger partial charge in [0.15, 0.2) is 18.2 Å². The number of nitrogens with zero attached hydrogens (tertiary/aromatic N) is 1. The van der Waals surface area contributed by atoms with Gasteiger partial charge >= 0.3 is 12.1 Å². The van der Waals surface area contributed by atoms with Crippen LogP contribution in [0.2, 0.25) is 0 Å². The fourth-order valence-electron chi connectivity index (χ4n) is 4.19. The topological polar surface area (TPSA) is 65.1 Å². The van der Waals surface area contributed by atoms with E-state index in [1.807, 2.05) is 6.07 Å². The number of fused-ring (bicyclic) bond motifs is 1. The Labute approximate surface area is 206 Å². The van der Waals surface area contributed by atoms with Gasteiger partial charge in [-0.2, -0.15) is 0 Å². The van der Waals surface area contributed by atoms with Crippen molar-refractivity contribution < 1.29 is 37.0 Å². The quantitative estimate of drug-likeness (QED) is 0.411. The van der Waals surface area contributed by atoms with Crippen LogP contribution in [-0.4, -0.2) is 36.7 Å². The molecule has 6 nitrogen and oxygen atoms in total. The Hall–Kier alpha value is -4.01. The van der Waals surface area contributed by atoms with Crippen LogP contribution in [0.4, 0.5) is 18.0 Å². The SMILES string of the molecule is CCOC(=O)COc1ccc(F)cc1C1c2ccc(F)c(F)c2CCN1C(=O)OCc1ccccc1. The highest BCUT2D eigenvalue weighted by molar-refractivity contribution is 5.72. The highest BCUT2D eigenvalue weighted by Crippen LogP contribution is 2.41. The van der Waals surface area contributed by atoms with Crippen molar-refractivity contribution in [3.05, 3.63) is 100 Å². The molecule has 1 atom stereocenters. The number of hydrogen-bond donors (Lipinski definition) is 0. The number of amides is 1. The summed E-state index contributed by atoms with van der Waals surface area (Å²) >= 11 is 0. The van der Waals surface area contributed by atoms with E-state index in [1.165, 1.54) is 17.0 Å². The standard InChI is InChI=1S/C27H24F3NO5/c1-2-34-24(32)16-35-23-11-8-18(28)14-21(23)26-20-9-10-22(29)25(30)19(20)12-13-31(26)27(33)36-15-17-6-4-3-5-7-17/h3-11,14,26H,2,12-13,15-16H2,1H3. The average Bonchev–Trinajstić information content (AvgIpc) is 2.89. The molecule has 0 saturated heterocycles. The molecule has 0 aliphatic carbocycles. The van der Waals surface area contributed by atoms with E-state index in [1.54, 1.807) is 31.2 Å². The van der Waals surface area contributed by atoms with Crippen LogP contribution in [0.15, 0.2) is 60.7 Å². The number of carbonyl (C=O) groups excluding carboxylic acids is 2. The van der Waals surface area contributed by atoms with Gasteiger partial charge in [0.25, 0.3) is 0 Å². The molecule has 4 rings (SSSR count). The molecule has 1 amide bonds. The molecule has 0 radical (unpaired) electrons. The second-order valence-electron chi connectivity index (χ2n) is 8.09. The van der Waals surface area contributed by atoms with Crippen molar-refractivity contribution in [1.29, 1.82) is 0 Å². The third-order valence-corrected chi connectivity index (χ3v) is 5.80. The van der Waals surface area contributed by atoms with Gasteiger partial charge in [-0.05, 0) is 54.3 Å². The summed E-state index contributed by atoms with van der Waals surface area (Å²) in [5.41, 5.74) is 1.26. The van der Waals surface area contributed by atoms with E-state index in [4.69, 9.17) is 14.2 Å². The summed E-state index contributed by atoms with van der Waals surface area (Å²) in [7, 11) is 0. The molecule has 36 heavy (non-hydrogen) atoms. The van der Waals surface area contributed by atoms with E-state index in [-0.39, 0.29) is 48.6 Å². The lowest BCUT2D eigenvalue weighted by molar-refractivity contribution is -0.145. The van der Waals surface area contributed by atoms with Crippen LogP contribution in [0.1, 0.15) is 35.2 Å². The lowest BCUT2D eigenvalue weighted by Crippen LogP contribution is -2.41. The highest BCUT2D eigenvalue weighted by Gasteiger charge is 2.37. The van der Waals surface area contributed by atoms with Crippen molar-refractivity contribution >= 4 is 12.1 Å². The fraction of sp³-hybridized carbons (Fsp3) is 0.259. The van der Waals surface area contributed by atoms with Crippen molar-refractivity contribution in [2.75, 3.05) is 19.8 Å². The normalized spacial score (nSPS) is 14.7. The molecule has 188 valence electrons. The molecule has 0 fully saturated rings. The molecule has 1 heterocycles. The minimum Gasteiger partial charge on any atom is -0.482 e. The molecule has 3 aromatic rings. The van der Waals surface area contributed by atoms with E-state index >= 15 is 0 Å². The lowest BCUT2D eigenvalue weighted by atomic mass is 9.87. The minimum absolute atomic E-state index is 0.0110. The van der Waals surface area contributed by atoms with E-state index < -0.39 is 42.2 Å². The number of esters is 1. The summed E-state index contributed by atoms with van der Waals surface area (Å²) in [6.07, 6.45) is -0.690. The number of halogens is 3. The van der Waals surface area contributed by atoms with Gasteiger partial charge in [-0.25, -0.2) is 22.8 Å². The van der Waals surface area contributed by atoms with Crippen molar-refractivity contribution in [2.24, 2.45) is 0 Å². The maximum absolute atomic E-state index is 14.7. The van der Waals surface area contributed by atoms with Gasteiger partial charge in [-0.1, -0.05) is 36.4 Å². The molecule has 0 aromatic heterocycles. The lowest BCUT2D eigenvalue weighted by Gasteiger charge is -2.37. The van der Waals surface area contributed by atoms with Crippen LogP contribution < -0.4 is 4.74 Å². The van der Waals surface area contributed by atoms with Crippen LogP contribution in [0.5, 0.6) is 5.75 Å². The maximum Gasteiger partial charge on any atom is 0.410 e. The third kappa shape index (κ3) is 5.45. The Morgan fingerprint density at radius 1 is 0.972 bits per heavy atom. The van der Waals surface area contributed by atoms with E-state index in [9.17, 15) is 22.8 Å². The predicted molar refractivity (Wildman–Crippen MR) is 124 cm³/mol. The van der Waals surface area contributed by atoms with Gasteiger partial charge in [0.05, 0.1) is 12.6 Å². The molecule has 0 N–H and O–H groups in total. The molecule has 1 aliphatic heterocycles. The monoisotopic (exact) mass is 499 g/mol. The second-order valence-corrected chi connectivity index (χ2v) is 8.09. The number of rotatable bonds is 7. The predicted octanol–water partition coefficient (Wildman–Crippen LogP) is 5.33. The largest absolute Gasteiger partial charge is 0.482 e. The number of hydrogen-bond acceptors (Lipinski definition) is 5. The van der Waals surface area contributed by atoms with Crippen LogP contribution in [0.3, 0.4) is 0 Å². The molecule has 1 unspecified atom stereocenters. The van der Waals surface area contributed by atoms with Gasteiger partial charge in [-0.3, -0.25) is 4.90 Å². The van der Waals surface area contributed by atoms with Crippen LogP contribution >= 0.6 is 0 Å². The Bertz CT molecular complexity index is 1250. The summed E-state index contributed by atoms with van der Waals surface area (Å²) in [4.78, 5) is 26.4. The molecule has 9 heteroatoms. The maximum atomic E-state index is 14.7. The number of benzene rings is 3. The fourth-order valence-corrected chi connectivity index (χ4v) is 4.19. The van der Waals surface area contributed by atoms with Gasteiger partial charge in [0, 0.05) is 12.1 Å². The van der Waals surface area contributed by atoms with E-state index in [2.05, 4.69) is 0 Å². The zero-order chi connectivity index (χ0) is 25.7. The molecular formula is C27H24F3NO5. The van der Waals surface area contributed by atoms with Gasteiger partial charge < -0.3 is 14.2 Å². The Morgan fingerprint density at radius 3 is 2.50 bits per heavy atom. The number of ether oxygens (including phenoxy) is 3. The Kier molecular flexibility index (Phi) is 7.77. The second kappa shape index (κ2) is 11.2. The molecular weight excluding hydrogens is 475 g/mol. The first-order chi connectivity index (χ1) is 17.4. The Balaban J connectivity index is 1.72. The van der Waals surface area contributed by atoms with Crippen molar-refractivity contribution in [3.8, 4) is 5.75 Å². The van der Waals surface area contributed by atoms with Gasteiger partial charge in [0.1, 0.15) is 18.2 Å². The first kappa shape index (κ1) is 25.1. The van der Waals surface area contributed by atoms with Crippen LogP contribution in [-0.2, 0) is 27.3 Å². The molecule has 0 bridgehead atoms. The third-order valence-electron chi connectivity index (χ3n) is 5.80. The Morgan fingerprint density at radius 2 is 1.75 bits per heavy atom. The van der Waals surface area contributed by atoms with Gasteiger partial charge in [0.2, 0.25) is 0 Å². The van der Waals surface area contributed by atoms with Crippen molar-refractivity contribution in [2.45, 2.75) is 26.0 Å². The molecule has 0 saturated carbocycles. The minimum atomic E-state index is -1.06. The zero-order valence-corrected chi connectivity index (χ0v) is 19.5. The highest BCUT2D eigenvalue weighted by atomic mass is 19.2. The summed E-state index contributed by atoms with van der Waals surface area (Å²) in [6, 6.07) is 13.9. The summed E-state index contributed by atoms with van der Waals surface area (Å²) in [5.74, 6) is -3.23. The summed E-state index contributed by atoms with van der Waals surface area (Å²) in [6.45, 7) is 1.32. The average molecular weight is 499 g/mol. The van der Waals surface area contributed by atoms with E-state index in [0.717, 1.165) is 23.8 Å². The van der Waals surface area contributed by atoms with Crippen molar-refractivity contribution in [3.63, 3.8) is 0 Å². The van der Waals surface area contributed by atoms with Gasteiger partial charge in [-0.15, -0.1) is 0 Å². The van der Waals surface area contributed by atoms with Crippen molar-refractivity contribution in [1.82, 2.24) is 4.90 Å². The molecule has 0 spiro atoms. The first-order valence-corrected chi connectivity index (χ1v) is 11.4. The smallest absolute Gasteiger partial charge is 0.410 e. The van der Waals surface area contributed by atoms with E-state index in [0.29, 0.717) is 0 Å². The number of carbonyl (C=O) groups is 2. The molecule has 1 aliphatic rings. The summed E-state index contributed by atoms with van der Waals surface area (Å²) in [5, 5.41) is 0. The first-order valence-electron chi connectivity index (χ1n) is 11.4. The zero-order valence-electron chi connectivity index (χ0n) is 19.5. The van der Waals surface area contributed by atoms with Crippen LogP contribution in [0, 0.1) is 17.5 Å². The molecule has 3 aromatic carbocycles. The van der Waals surface area contributed by atoms with Crippen LogP contribution in [0.25, 0.3) is 0 Å².